The second-order valence-corrected chi connectivity index (χ2v) is 4.58. The van der Waals surface area contributed by atoms with Gasteiger partial charge in [-0.05, 0) is 24.8 Å². The van der Waals surface area contributed by atoms with Gasteiger partial charge in [-0.15, -0.1) is 0 Å². The minimum Gasteiger partial charge on any atom is -0.388 e. The monoisotopic (exact) mass is 236 g/mol. The fourth-order valence-electron chi connectivity index (χ4n) is 1.58. The number of nitrogens with one attached hydrogen (secondary N) is 1. The lowest BCUT2D eigenvalue weighted by Gasteiger charge is -2.05. The van der Waals surface area contributed by atoms with Gasteiger partial charge in [0.25, 0.3) is 0 Å². The molecule has 1 aliphatic carbocycles. The van der Waals surface area contributed by atoms with Gasteiger partial charge in [0.1, 0.15) is 10.7 Å². The summed E-state index contributed by atoms with van der Waals surface area (Å²) < 4.78 is 0. The largest absolute Gasteiger partial charge is 0.388 e. The summed E-state index contributed by atoms with van der Waals surface area (Å²) in [5.41, 5.74) is 6.12. The molecule has 0 bridgehead atoms. The predicted molar refractivity (Wildman–Crippen MR) is 68.4 cm³/mol. The molecule has 0 atom stereocenters. The topological polar surface area (TPSA) is 63.8 Å². The molecule has 5 heteroatoms. The van der Waals surface area contributed by atoms with Gasteiger partial charge in [0.15, 0.2) is 0 Å². The Labute approximate surface area is 101 Å². The second-order valence-electron chi connectivity index (χ2n) is 4.14. The van der Waals surface area contributed by atoms with E-state index in [1.54, 1.807) is 12.3 Å². The van der Waals surface area contributed by atoms with Crippen molar-refractivity contribution in [1.29, 1.82) is 0 Å². The maximum absolute atomic E-state index is 5.50. The number of hydrogen-bond donors (Lipinski definition) is 2. The van der Waals surface area contributed by atoms with Crippen molar-refractivity contribution in [1.82, 2.24) is 9.97 Å². The Morgan fingerprint density at radius 1 is 1.56 bits per heavy atom. The molecule has 0 aromatic carbocycles. The van der Waals surface area contributed by atoms with Crippen LogP contribution >= 0.6 is 12.2 Å². The molecule has 2 rings (SSSR count). The first-order valence-electron chi connectivity index (χ1n) is 5.62. The molecule has 1 aromatic heterocycles. The van der Waals surface area contributed by atoms with E-state index >= 15 is 0 Å². The summed E-state index contributed by atoms with van der Waals surface area (Å²) in [6.07, 6.45) is 6.97. The number of aromatic nitrogens is 2. The van der Waals surface area contributed by atoms with E-state index in [9.17, 15) is 0 Å². The molecular weight excluding hydrogens is 220 g/mol. The van der Waals surface area contributed by atoms with Crippen molar-refractivity contribution in [2.45, 2.75) is 25.7 Å². The third-order valence-electron chi connectivity index (χ3n) is 2.68. The Hall–Kier alpha value is -1.23. The molecule has 0 unspecified atom stereocenters. The van der Waals surface area contributed by atoms with Gasteiger partial charge in [-0.2, -0.15) is 0 Å². The summed E-state index contributed by atoms with van der Waals surface area (Å²) in [5, 5.41) is 3.19. The highest BCUT2D eigenvalue weighted by atomic mass is 32.1. The van der Waals surface area contributed by atoms with Crippen LogP contribution in [0.4, 0.5) is 5.95 Å². The summed E-state index contributed by atoms with van der Waals surface area (Å²) >= 11 is 4.86. The van der Waals surface area contributed by atoms with E-state index in [0.717, 1.165) is 12.5 Å². The van der Waals surface area contributed by atoms with E-state index < -0.39 is 0 Å². The zero-order chi connectivity index (χ0) is 11.4. The lowest BCUT2D eigenvalue weighted by Crippen LogP contribution is -2.14. The lowest BCUT2D eigenvalue weighted by molar-refractivity contribution is 0.685. The van der Waals surface area contributed by atoms with Gasteiger partial charge in [-0.3, -0.25) is 0 Å². The highest BCUT2D eigenvalue weighted by Gasteiger charge is 2.19. The van der Waals surface area contributed by atoms with Crippen LogP contribution in [0.3, 0.4) is 0 Å². The van der Waals surface area contributed by atoms with Crippen LogP contribution < -0.4 is 11.1 Å². The number of nitrogens with zero attached hydrogens (tertiary/aromatic N) is 2. The highest BCUT2D eigenvalue weighted by molar-refractivity contribution is 7.80. The van der Waals surface area contributed by atoms with Gasteiger partial charge in [-0.1, -0.05) is 25.1 Å². The summed E-state index contributed by atoms with van der Waals surface area (Å²) in [5.74, 6) is 1.59. The first kappa shape index (κ1) is 11.3. The van der Waals surface area contributed by atoms with Gasteiger partial charge < -0.3 is 11.1 Å². The molecule has 16 heavy (non-hydrogen) atoms. The molecule has 1 aromatic rings. The number of anilines is 1. The van der Waals surface area contributed by atoms with Crippen LogP contribution in [0.1, 0.15) is 31.4 Å². The predicted octanol–water partition coefficient (Wildman–Crippen LogP) is 1.71. The summed E-state index contributed by atoms with van der Waals surface area (Å²) in [6, 6.07) is 1.72. The minimum absolute atomic E-state index is 0.309. The smallest absolute Gasteiger partial charge is 0.223 e. The lowest BCUT2D eigenvalue weighted by atomic mass is 10.2. The Bertz CT molecular complexity index is 376. The molecule has 3 N–H and O–H groups in total. The van der Waals surface area contributed by atoms with Crippen LogP contribution in [-0.2, 0) is 0 Å². The van der Waals surface area contributed by atoms with Crippen molar-refractivity contribution >= 4 is 23.2 Å². The molecule has 0 saturated heterocycles. The number of nitrogens with two attached hydrogens (primary N) is 1. The minimum atomic E-state index is 0.309. The molecule has 1 heterocycles. The molecular formula is C11H16N4S. The number of thiocarbonyl (C=S) groups is 1. The SMILES string of the molecule is NC(=S)c1ccnc(NCCCC2CC2)n1. The summed E-state index contributed by atoms with van der Waals surface area (Å²) in [6.45, 7) is 0.914. The van der Waals surface area contributed by atoms with Gasteiger partial charge in [-0.25, -0.2) is 9.97 Å². The molecule has 0 spiro atoms. The first-order chi connectivity index (χ1) is 7.75. The molecule has 1 saturated carbocycles. The van der Waals surface area contributed by atoms with Crippen LogP contribution in [0.25, 0.3) is 0 Å². The fraction of sp³-hybridized carbons (Fsp3) is 0.545. The molecule has 0 aliphatic heterocycles. The zero-order valence-corrected chi connectivity index (χ0v) is 9.96. The van der Waals surface area contributed by atoms with Crippen molar-refractivity contribution in [3.8, 4) is 0 Å². The Balaban J connectivity index is 1.78. The van der Waals surface area contributed by atoms with Crippen LogP contribution in [0.5, 0.6) is 0 Å². The van der Waals surface area contributed by atoms with E-state index in [2.05, 4.69) is 15.3 Å². The van der Waals surface area contributed by atoms with Crippen molar-refractivity contribution in [3.05, 3.63) is 18.0 Å². The first-order valence-corrected chi connectivity index (χ1v) is 6.03. The van der Waals surface area contributed by atoms with E-state index in [1.807, 2.05) is 0 Å². The van der Waals surface area contributed by atoms with E-state index in [-0.39, 0.29) is 0 Å². The van der Waals surface area contributed by atoms with E-state index in [4.69, 9.17) is 18.0 Å². The molecule has 86 valence electrons. The van der Waals surface area contributed by atoms with Gasteiger partial charge >= 0.3 is 0 Å². The normalized spacial score (nSPS) is 14.8. The molecule has 1 aliphatic rings. The van der Waals surface area contributed by atoms with E-state index in [0.29, 0.717) is 16.6 Å². The van der Waals surface area contributed by atoms with Crippen LogP contribution in [0, 0.1) is 5.92 Å². The van der Waals surface area contributed by atoms with Gasteiger partial charge in [0.05, 0.1) is 0 Å². The standard InChI is InChI=1S/C11H16N4S/c12-10(16)9-5-7-14-11(15-9)13-6-1-2-8-3-4-8/h5,7-8H,1-4,6H2,(H2,12,16)(H,13,14,15). The molecule has 1 fully saturated rings. The highest BCUT2D eigenvalue weighted by Crippen LogP contribution is 2.33. The Morgan fingerprint density at radius 3 is 3.06 bits per heavy atom. The summed E-state index contributed by atoms with van der Waals surface area (Å²) in [7, 11) is 0. The third-order valence-corrected chi connectivity index (χ3v) is 2.89. The zero-order valence-electron chi connectivity index (χ0n) is 9.15. The number of rotatable bonds is 6. The van der Waals surface area contributed by atoms with Crippen molar-refractivity contribution in [3.63, 3.8) is 0 Å². The third kappa shape index (κ3) is 3.41. The average Bonchev–Trinajstić information content (AvgIpc) is 3.09. The maximum Gasteiger partial charge on any atom is 0.223 e. The van der Waals surface area contributed by atoms with Crippen LogP contribution in [0.15, 0.2) is 12.3 Å². The van der Waals surface area contributed by atoms with Crippen LogP contribution in [0.2, 0.25) is 0 Å². The van der Waals surface area contributed by atoms with Gasteiger partial charge in [0, 0.05) is 12.7 Å². The fourth-order valence-corrected chi connectivity index (χ4v) is 1.69. The van der Waals surface area contributed by atoms with Crippen molar-refractivity contribution in [2.24, 2.45) is 11.7 Å². The second kappa shape index (κ2) is 5.21. The number of hydrogen-bond acceptors (Lipinski definition) is 4. The maximum atomic E-state index is 5.50. The van der Waals surface area contributed by atoms with Crippen molar-refractivity contribution < 1.29 is 0 Å². The van der Waals surface area contributed by atoms with Crippen LogP contribution in [-0.4, -0.2) is 21.5 Å². The average molecular weight is 236 g/mol. The van der Waals surface area contributed by atoms with E-state index in [1.165, 1.54) is 25.7 Å². The molecule has 0 radical (unpaired) electrons. The summed E-state index contributed by atoms with van der Waals surface area (Å²) in [4.78, 5) is 8.64. The van der Waals surface area contributed by atoms with Gasteiger partial charge in [0.2, 0.25) is 5.95 Å². The molecule has 0 amide bonds. The quantitative estimate of drug-likeness (QED) is 0.581. The molecule has 4 nitrogen and oxygen atoms in total. The van der Waals surface area contributed by atoms with Crippen molar-refractivity contribution in [2.75, 3.05) is 11.9 Å². The Kier molecular flexibility index (Phi) is 3.66. The Morgan fingerprint density at radius 2 is 2.38 bits per heavy atom.